The third-order valence-electron chi connectivity index (χ3n) is 5.07. The van der Waals surface area contributed by atoms with E-state index < -0.39 is 36.4 Å². The van der Waals surface area contributed by atoms with E-state index in [9.17, 15) is 19.2 Å². The van der Waals surface area contributed by atoms with E-state index in [1.807, 2.05) is 19.1 Å². The number of fused-ring (bicyclic) bond motifs is 1. The number of halogens is 1. The maximum absolute atomic E-state index is 12.5. The first-order valence-electron chi connectivity index (χ1n) is 9.04. The van der Waals surface area contributed by atoms with Crippen LogP contribution in [0.3, 0.4) is 0 Å². The highest BCUT2D eigenvalue weighted by molar-refractivity contribution is 6.31. The molecule has 1 heterocycles. The number of ether oxygens (including phenoxy) is 1. The molecular weight excluding hydrogens is 384 g/mol. The summed E-state index contributed by atoms with van der Waals surface area (Å²) in [6, 6.07) is 3.95. The molecule has 0 saturated carbocycles. The summed E-state index contributed by atoms with van der Waals surface area (Å²) < 4.78 is 5.01. The third kappa shape index (κ3) is 3.94. The molecule has 0 bridgehead atoms. The summed E-state index contributed by atoms with van der Waals surface area (Å²) in [6.07, 6.45) is 4.74. The van der Waals surface area contributed by atoms with Crippen LogP contribution in [0.1, 0.15) is 25.3 Å². The number of likely N-dealkylation sites (tertiary alicyclic amines) is 1. The summed E-state index contributed by atoms with van der Waals surface area (Å²) >= 11 is 6.01. The van der Waals surface area contributed by atoms with Crippen LogP contribution >= 0.6 is 11.6 Å². The van der Waals surface area contributed by atoms with Crippen molar-refractivity contribution in [3.05, 3.63) is 40.9 Å². The number of nitrogens with one attached hydrogen (secondary N) is 1. The Bertz CT molecular complexity index is 840. The van der Waals surface area contributed by atoms with Crippen molar-refractivity contribution in [1.82, 2.24) is 4.90 Å². The Morgan fingerprint density at radius 2 is 1.82 bits per heavy atom. The largest absolute Gasteiger partial charge is 0.454 e. The predicted molar refractivity (Wildman–Crippen MR) is 102 cm³/mol. The Morgan fingerprint density at radius 1 is 1.21 bits per heavy atom. The molecule has 0 spiro atoms. The van der Waals surface area contributed by atoms with Crippen LogP contribution in [0, 0.1) is 18.8 Å². The molecule has 1 aromatic carbocycles. The van der Waals surface area contributed by atoms with E-state index in [0.29, 0.717) is 23.6 Å². The molecule has 28 heavy (non-hydrogen) atoms. The quantitative estimate of drug-likeness (QED) is 0.462. The minimum absolute atomic E-state index is 0.359. The lowest BCUT2D eigenvalue weighted by Gasteiger charge is -2.21. The van der Waals surface area contributed by atoms with Crippen molar-refractivity contribution in [2.75, 3.05) is 11.9 Å². The minimum atomic E-state index is -1.08. The number of carbonyl (C=O) groups is 4. The van der Waals surface area contributed by atoms with Gasteiger partial charge in [-0.1, -0.05) is 29.8 Å². The average molecular weight is 405 g/mol. The molecule has 1 aromatic rings. The molecule has 8 heteroatoms. The number of rotatable bonds is 5. The number of anilines is 1. The van der Waals surface area contributed by atoms with E-state index in [1.165, 1.54) is 6.92 Å². The Morgan fingerprint density at radius 3 is 2.39 bits per heavy atom. The molecule has 0 aromatic heterocycles. The van der Waals surface area contributed by atoms with Gasteiger partial charge in [-0.2, -0.15) is 0 Å². The fourth-order valence-electron chi connectivity index (χ4n) is 3.44. The Hall–Kier alpha value is -2.67. The molecule has 1 aliphatic carbocycles. The molecule has 2 aliphatic rings. The van der Waals surface area contributed by atoms with Gasteiger partial charge in [0.05, 0.1) is 11.8 Å². The summed E-state index contributed by atoms with van der Waals surface area (Å²) in [5, 5.41) is 3.08. The number of nitrogens with zero attached hydrogens (tertiary/aromatic N) is 1. The maximum atomic E-state index is 12.5. The summed E-state index contributed by atoms with van der Waals surface area (Å²) in [5.74, 6) is -2.89. The van der Waals surface area contributed by atoms with Crippen LogP contribution in [0.15, 0.2) is 30.4 Å². The highest BCUT2D eigenvalue weighted by Crippen LogP contribution is 2.36. The molecule has 7 nitrogen and oxygen atoms in total. The van der Waals surface area contributed by atoms with Gasteiger partial charge < -0.3 is 10.1 Å². The molecule has 3 atom stereocenters. The first kappa shape index (κ1) is 20.1. The standard InChI is InChI=1S/C20H21ClN2O5/c1-11-7-8-13(9-16(11)21)22-17(24)10-28-20(27)12(2)23-18(25)14-5-3-4-6-15(14)19(23)26/h3-4,7-9,12,14-15H,5-6,10H2,1-2H3,(H,22,24)/t12-,14+,15+/m0/s1. The number of aryl methyl sites for hydroxylation is 1. The van der Waals surface area contributed by atoms with Crippen molar-refractivity contribution in [3.63, 3.8) is 0 Å². The highest BCUT2D eigenvalue weighted by Gasteiger charge is 2.50. The molecule has 3 rings (SSSR count). The number of imide groups is 1. The molecule has 1 aliphatic heterocycles. The van der Waals surface area contributed by atoms with Gasteiger partial charge >= 0.3 is 5.97 Å². The fourth-order valence-corrected chi connectivity index (χ4v) is 3.62. The van der Waals surface area contributed by atoms with Gasteiger partial charge in [0.2, 0.25) is 11.8 Å². The molecule has 1 N–H and O–H groups in total. The minimum Gasteiger partial charge on any atom is -0.454 e. The summed E-state index contributed by atoms with van der Waals surface area (Å²) in [4.78, 5) is 50.3. The topological polar surface area (TPSA) is 92.8 Å². The van der Waals surface area contributed by atoms with Crippen molar-refractivity contribution in [1.29, 1.82) is 0 Å². The van der Waals surface area contributed by atoms with Crippen LogP contribution in [0.2, 0.25) is 5.02 Å². The monoisotopic (exact) mass is 404 g/mol. The van der Waals surface area contributed by atoms with Crippen molar-refractivity contribution < 1.29 is 23.9 Å². The number of esters is 1. The molecular formula is C20H21ClN2O5. The van der Waals surface area contributed by atoms with Crippen LogP contribution in [0.25, 0.3) is 0 Å². The molecule has 0 unspecified atom stereocenters. The zero-order valence-electron chi connectivity index (χ0n) is 15.6. The van der Waals surface area contributed by atoms with Crippen LogP contribution in [0.5, 0.6) is 0 Å². The summed E-state index contributed by atoms with van der Waals surface area (Å²) in [6.45, 7) is 2.74. The van der Waals surface area contributed by atoms with E-state index in [0.717, 1.165) is 10.5 Å². The van der Waals surface area contributed by atoms with Gasteiger partial charge in [-0.25, -0.2) is 4.79 Å². The van der Waals surface area contributed by atoms with Crippen LogP contribution in [-0.4, -0.2) is 41.2 Å². The van der Waals surface area contributed by atoms with Gasteiger partial charge in [-0.15, -0.1) is 0 Å². The summed E-state index contributed by atoms with van der Waals surface area (Å²) in [5.41, 5.74) is 1.35. The van der Waals surface area contributed by atoms with Crippen LogP contribution in [-0.2, 0) is 23.9 Å². The Kier molecular flexibility index (Phi) is 5.84. The number of amides is 3. The lowest BCUT2D eigenvalue weighted by Crippen LogP contribution is -2.45. The molecule has 148 valence electrons. The Labute approximate surface area is 167 Å². The van der Waals surface area contributed by atoms with E-state index in [2.05, 4.69) is 5.32 Å². The first-order chi connectivity index (χ1) is 13.3. The second-order valence-corrected chi connectivity index (χ2v) is 7.41. The van der Waals surface area contributed by atoms with Crippen LogP contribution in [0.4, 0.5) is 5.69 Å². The van der Waals surface area contributed by atoms with Crippen molar-refractivity contribution >= 4 is 41.0 Å². The van der Waals surface area contributed by atoms with Gasteiger partial charge in [0.25, 0.3) is 5.91 Å². The smallest absolute Gasteiger partial charge is 0.329 e. The third-order valence-corrected chi connectivity index (χ3v) is 5.48. The normalized spacial score (nSPS) is 22.0. The molecule has 0 radical (unpaired) electrons. The molecule has 3 amide bonds. The number of carbonyl (C=O) groups excluding carboxylic acids is 4. The number of hydrogen-bond donors (Lipinski definition) is 1. The van der Waals surface area contributed by atoms with Crippen molar-refractivity contribution in [2.24, 2.45) is 11.8 Å². The maximum Gasteiger partial charge on any atom is 0.329 e. The number of hydrogen-bond acceptors (Lipinski definition) is 5. The lowest BCUT2D eigenvalue weighted by molar-refractivity contribution is -0.159. The van der Waals surface area contributed by atoms with Gasteiger partial charge in [0, 0.05) is 10.7 Å². The zero-order valence-corrected chi connectivity index (χ0v) is 16.4. The second kappa shape index (κ2) is 8.14. The number of benzene rings is 1. The zero-order chi connectivity index (χ0) is 20.4. The average Bonchev–Trinajstić information content (AvgIpc) is 2.93. The van der Waals surface area contributed by atoms with E-state index in [-0.39, 0.29) is 11.8 Å². The SMILES string of the molecule is Cc1ccc(NC(=O)COC(=O)[C@H](C)N2C(=O)[C@@H]3CC=CC[C@H]3C2=O)cc1Cl. The van der Waals surface area contributed by atoms with Crippen LogP contribution < -0.4 is 5.32 Å². The van der Waals surface area contributed by atoms with E-state index >= 15 is 0 Å². The second-order valence-electron chi connectivity index (χ2n) is 7.00. The van der Waals surface area contributed by atoms with E-state index in [4.69, 9.17) is 16.3 Å². The first-order valence-corrected chi connectivity index (χ1v) is 9.42. The lowest BCUT2D eigenvalue weighted by atomic mass is 9.85. The van der Waals surface area contributed by atoms with Crippen molar-refractivity contribution in [2.45, 2.75) is 32.7 Å². The summed E-state index contributed by atoms with van der Waals surface area (Å²) in [7, 11) is 0. The van der Waals surface area contributed by atoms with Gasteiger partial charge in [0.1, 0.15) is 6.04 Å². The molecule has 1 fully saturated rings. The molecule has 1 saturated heterocycles. The highest BCUT2D eigenvalue weighted by atomic mass is 35.5. The Balaban J connectivity index is 1.55. The number of allylic oxidation sites excluding steroid dienone is 2. The van der Waals surface area contributed by atoms with Crippen molar-refractivity contribution in [3.8, 4) is 0 Å². The predicted octanol–water partition coefficient (Wildman–Crippen LogP) is 2.47. The van der Waals surface area contributed by atoms with Gasteiger partial charge in [-0.3, -0.25) is 19.3 Å². The fraction of sp³-hybridized carbons (Fsp3) is 0.400. The van der Waals surface area contributed by atoms with Gasteiger partial charge in [0.15, 0.2) is 6.61 Å². The van der Waals surface area contributed by atoms with E-state index in [1.54, 1.807) is 18.2 Å². The van der Waals surface area contributed by atoms with Gasteiger partial charge in [-0.05, 0) is 44.4 Å².